The predicted molar refractivity (Wildman–Crippen MR) is 70.8 cm³/mol. The minimum atomic E-state index is -0.200. The zero-order chi connectivity index (χ0) is 13.9. The van der Waals surface area contributed by atoms with Crippen molar-refractivity contribution in [2.45, 2.75) is 33.2 Å². The van der Waals surface area contributed by atoms with Crippen LogP contribution < -0.4 is 0 Å². The van der Waals surface area contributed by atoms with Crippen LogP contribution in [0.4, 0.5) is 0 Å². The van der Waals surface area contributed by atoms with Gasteiger partial charge in [0.25, 0.3) is 5.91 Å². The predicted octanol–water partition coefficient (Wildman–Crippen LogP) is 2.60. The van der Waals surface area contributed by atoms with Crippen molar-refractivity contribution in [3.63, 3.8) is 0 Å². The summed E-state index contributed by atoms with van der Waals surface area (Å²) in [7, 11) is 1.73. The minimum absolute atomic E-state index is 0.108. The molecule has 0 fully saturated rings. The first-order valence-electron chi connectivity index (χ1n) is 6.11. The zero-order valence-electron chi connectivity index (χ0n) is 11.3. The van der Waals surface area contributed by atoms with Crippen molar-refractivity contribution in [1.82, 2.24) is 4.90 Å². The first kappa shape index (κ1) is 14.4. The molecule has 4 heteroatoms. The summed E-state index contributed by atoms with van der Waals surface area (Å²) in [6, 6.07) is 4.04. The van der Waals surface area contributed by atoms with Gasteiger partial charge in [-0.1, -0.05) is 13.8 Å². The van der Waals surface area contributed by atoms with E-state index in [0.29, 0.717) is 11.5 Å². The van der Waals surface area contributed by atoms with Gasteiger partial charge in [0.2, 0.25) is 0 Å². The molecule has 0 saturated carbocycles. The Kier molecular flexibility index (Phi) is 4.59. The average molecular weight is 251 g/mol. The van der Waals surface area contributed by atoms with Gasteiger partial charge in [-0.15, -0.1) is 0 Å². The summed E-state index contributed by atoms with van der Waals surface area (Å²) in [5, 5.41) is 18.8. The lowest BCUT2D eigenvalue weighted by Gasteiger charge is -2.26. The van der Waals surface area contributed by atoms with Gasteiger partial charge < -0.3 is 15.1 Å². The Hall–Kier alpha value is -1.71. The van der Waals surface area contributed by atoms with Crippen LogP contribution in [0, 0.1) is 5.92 Å². The second kappa shape index (κ2) is 5.76. The third-order valence-corrected chi connectivity index (χ3v) is 2.94. The van der Waals surface area contributed by atoms with E-state index in [0.717, 1.165) is 6.42 Å². The molecule has 2 N–H and O–H groups in total. The number of rotatable bonds is 4. The van der Waals surface area contributed by atoms with E-state index >= 15 is 0 Å². The molecule has 1 unspecified atom stereocenters. The monoisotopic (exact) mass is 251 g/mol. The molecule has 0 heterocycles. The number of carbonyl (C=O) groups excluding carboxylic acids is 1. The number of nitrogens with zero attached hydrogens (tertiary/aromatic N) is 1. The third-order valence-electron chi connectivity index (χ3n) is 2.94. The van der Waals surface area contributed by atoms with E-state index in [9.17, 15) is 15.0 Å². The molecule has 1 atom stereocenters. The fourth-order valence-electron chi connectivity index (χ4n) is 1.96. The van der Waals surface area contributed by atoms with E-state index in [1.807, 2.05) is 6.92 Å². The van der Waals surface area contributed by atoms with Crippen molar-refractivity contribution in [1.29, 1.82) is 0 Å². The molecule has 4 nitrogen and oxygen atoms in total. The minimum Gasteiger partial charge on any atom is -0.508 e. The van der Waals surface area contributed by atoms with Gasteiger partial charge in [0.1, 0.15) is 11.5 Å². The number of hydrogen-bond acceptors (Lipinski definition) is 3. The van der Waals surface area contributed by atoms with Crippen LogP contribution in [-0.2, 0) is 0 Å². The fraction of sp³-hybridized carbons (Fsp3) is 0.500. The van der Waals surface area contributed by atoms with Crippen LogP contribution in [0.1, 0.15) is 37.6 Å². The summed E-state index contributed by atoms with van der Waals surface area (Å²) in [4.78, 5) is 13.8. The van der Waals surface area contributed by atoms with Crippen molar-refractivity contribution < 1.29 is 15.0 Å². The van der Waals surface area contributed by atoms with Gasteiger partial charge in [0.05, 0.1) is 0 Å². The number of phenolic OH excluding ortho intramolecular Hbond substituents is 2. The van der Waals surface area contributed by atoms with E-state index in [2.05, 4.69) is 13.8 Å². The average Bonchev–Trinajstić information content (AvgIpc) is 2.24. The SMILES string of the molecule is CC(C)CC(C)N(C)C(=O)c1cc(O)cc(O)c1. The van der Waals surface area contributed by atoms with E-state index in [1.165, 1.54) is 18.2 Å². The highest BCUT2D eigenvalue weighted by molar-refractivity contribution is 5.95. The van der Waals surface area contributed by atoms with Crippen LogP contribution in [0.3, 0.4) is 0 Å². The highest BCUT2D eigenvalue weighted by atomic mass is 16.3. The molecule has 0 aromatic heterocycles. The number of amides is 1. The van der Waals surface area contributed by atoms with Gasteiger partial charge in [-0.05, 0) is 31.4 Å². The molecule has 0 spiro atoms. The van der Waals surface area contributed by atoms with Gasteiger partial charge in [0.15, 0.2) is 0 Å². The van der Waals surface area contributed by atoms with Crippen molar-refractivity contribution in [3.05, 3.63) is 23.8 Å². The molecule has 0 aliphatic heterocycles. The maximum atomic E-state index is 12.2. The molecule has 1 aromatic rings. The summed E-state index contributed by atoms with van der Waals surface area (Å²) >= 11 is 0. The Labute approximate surface area is 108 Å². The highest BCUT2D eigenvalue weighted by Crippen LogP contribution is 2.22. The van der Waals surface area contributed by atoms with Gasteiger partial charge in [0, 0.05) is 24.7 Å². The lowest BCUT2D eigenvalue weighted by Crippen LogP contribution is -2.35. The maximum Gasteiger partial charge on any atom is 0.254 e. The van der Waals surface area contributed by atoms with E-state index in [-0.39, 0.29) is 23.4 Å². The quantitative estimate of drug-likeness (QED) is 0.864. The van der Waals surface area contributed by atoms with Gasteiger partial charge >= 0.3 is 0 Å². The van der Waals surface area contributed by atoms with Crippen LogP contribution in [0.15, 0.2) is 18.2 Å². The van der Waals surface area contributed by atoms with Crippen LogP contribution >= 0.6 is 0 Å². The third kappa shape index (κ3) is 3.65. The molecule has 0 saturated heterocycles. The summed E-state index contributed by atoms with van der Waals surface area (Å²) in [6.45, 7) is 6.20. The number of benzene rings is 1. The van der Waals surface area contributed by atoms with Gasteiger partial charge in [-0.2, -0.15) is 0 Å². The second-order valence-corrected chi connectivity index (χ2v) is 5.13. The first-order valence-corrected chi connectivity index (χ1v) is 6.11. The number of phenols is 2. The molecule has 0 aliphatic carbocycles. The molecule has 0 aliphatic rings. The van der Waals surface area contributed by atoms with Crippen molar-refractivity contribution in [3.8, 4) is 11.5 Å². The molecule has 1 amide bonds. The highest BCUT2D eigenvalue weighted by Gasteiger charge is 2.19. The van der Waals surface area contributed by atoms with E-state index < -0.39 is 0 Å². The summed E-state index contributed by atoms with van der Waals surface area (Å²) in [6.07, 6.45) is 0.910. The second-order valence-electron chi connectivity index (χ2n) is 5.13. The topological polar surface area (TPSA) is 60.8 Å². The molecule has 1 aromatic carbocycles. The molecule has 100 valence electrons. The molecule has 0 radical (unpaired) electrons. The number of carbonyl (C=O) groups is 1. The molecule has 1 rings (SSSR count). The Morgan fingerprint density at radius 1 is 1.17 bits per heavy atom. The van der Waals surface area contributed by atoms with Crippen LogP contribution in [0.25, 0.3) is 0 Å². The Morgan fingerprint density at radius 3 is 2.11 bits per heavy atom. The van der Waals surface area contributed by atoms with Crippen molar-refractivity contribution in [2.75, 3.05) is 7.05 Å². The Balaban J connectivity index is 2.86. The Bertz CT molecular complexity index is 409. The first-order chi connectivity index (χ1) is 8.31. The van der Waals surface area contributed by atoms with Crippen LogP contribution in [-0.4, -0.2) is 34.1 Å². The molecular formula is C14H21NO3. The largest absolute Gasteiger partial charge is 0.508 e. The lowest BCUT2D eigenvalue weighted by molar-refractivity contribution is 0.0727. The fourth-order valence-corrected chi connectivity index (χ4v) is 1.96. The standard InChI is InChI=1S/C14H21NO3/c1-9(2)5-10(3)15(4)14(18)11-6-12(16)8-13(17)7-11/h6-10,16-17H,5H2,1-4H3. The normalized spacial score (nSPS) is 12.5. The van der Waals surface area contributed by atoms with Crippen LogP contribution in [0.5, 0.6) is 11.5 Å². The summed E-state index contributed by atoms with van der Waals surface area (Å²) in [5.74, 6) is 0.0914. The zero-order valence-corrected chi connectivity index (χ0v) is 11.3. The number of hydrogen-bond donors (Lipinski definition) is 2. The summed E-state index contributed by atoms with van der Waals surface area (Å²) in [5.41, 5.74) is 0.297. The van der Waals surface area contributed by atoms with Gasteiger partial charge in [-0.25, -0.2) is 0 Å². The summed E-state index contributed by atoms with van der Waals surface area (Å²) < 4.78 is 0. The number of aromatic hydroxyl groups is 2. The van der Waals surface area contributed by atoms with E-state index in [1.54, 1.807) is 11.9 Å². The lowest BCUT2D eigenvalue weighted by atomic mass is 10.0. The van der Waals surface area contributed by atoms with Crippen molar-refractivity contribution in [2.24, 2.45) is 5.92 Å². The molecule has 18 heavy (non-hydrogen) atoms. The Morgan fingerprint density at radius 2 is 1.67 bits per heavy atom. The van der Waals surface area contributed by atoms with Crippen LogP contribution in [0.2, 0.25) is 0 Å². The maximum absolute atomic E-state index is 12.2. The smallest absolute Gasteiger partial charge is 0.254 e. The molecular weight excluding hydrogens is 230 g/mol. The molecule has 0 bridgehead atoms. The van der Waals surface area contributed by atoms with Crippen molar-refractivity contribution >= 4 is 5.91 Å². The van der Waals surface area contributed by atoms with Gasteiger partial charge in [-0.3, -0.25) is 4.79 Å². The van der Waals surface area contributed by atoms with E-state index in [4.69, 9.17) is 0 Å².